The van der Waals surface area contributed by atoms with Crippen LogP contribution in [0.2, 0.25) is 0 Å². The molecule has 0 spiro atoms. The van der Waals surface area contributed by atoms with E-state index in [1.165, 1.54) is 25.0 Å². The number of nitrogens with zero attached hydrogens (tertiary/aromatic N) is 1. The van der Waals surface area contributed by atoms with Gasteiger partial charge in [0.25, 0.3) is 0 Å². The Labute approximate surface area is 98.5 Å². The predicted octanol–water partition coefficient (Wildman–Crippen LogP) is 2.82. The molecule has 2 aliphatic rings. The molecule has 1 aromatic rings. The predicted molar refractivity (Wildman–Crippen MR) is 61.7 cm³/mol. The Morgan fingerprint density at radius 1 is 1.56 bits per heavy atom. The van der Waals surface area contributed by atoms with Crippen molar-refractivity contribution in [3.63, 3.8) is 0 Å². The standard InChI is InChI=1S/C12H15NO2S/c14-11(15)12(4-5-12)6-10-13-9(7-16-10)8-2-1-3-8/h7-8H,1-6H2,(H,14,15). The highest BCUT2D eigenvalue weighted by Crippen LogP contribution is 2.49. The first kappa shape index (κ1) is 10.3. The topological polar surface area (TPSA) is 50.2 Å². The molecular weight excluding hydrogens is 222 g/mol. The third kappa shape index (κ3) is 1.65. The summed E-state index contributed by atoms with van der Waals surface area (Å²) in [4.78, 5) is 15.7. The minimum Gasteiger partial charge on any atom is -0.481 e. The zero-order valence-corrected chi connectivity index (χ0v) is 9.92. The van der Waals surface area contributed by atoms with Crippen molar-refractivity contribution in [1.82, 2.24) is 4.98 Å². The van der Waals surface area contributed by atoms with E-state index in [1.54, 1.807) is 11.3 Å². The summed E-state index contributed by atoms with van der Waals surface area (Å²) in [5.74, 6) is 0.0119. The van der Waals surface area contributed by atoms with Crippen LogP contribution in [-0.2, 0) is 11.2 Å². The van der Waals surface area contributed by atoms with Crippen molar-refractivity contribution in [1.29, 1.82) is 0 Å². The van der Waals surface area contributed by atoms with E-state index in [4.69, 9.17) is 5.11 Å². The van der Waals surface area contributed by atoms with E-state index in [-0.39, 0.29) is 0 Å². The number of hydrogen-bond donors (Lipinski definition) is 1. The van der Waals surface area contributed by atoms with Crippen LogP contribution in [0.5, 0.6) is 0 Å². The van der Waals surface area contributed by atoms with Crippen molar-refractivity contribution in [3.8, 4) is 0 Å². The lowest BCUT2D eigenvalue weighted by Gasteiger charge is -2.23. The van der Waals surface area contributed by atoms with E-state index < -0.39 is 11.4 Å². The molecule has 3 nitrogen and oxygen atoms in total. The molecule has 1 heterocycles. The summed E-state index contributed by atoms with van der Waals surface area (Å²) in [6.45, 7) is 0. The molecule has 0 unspecified atom stereocenters. The van der Waals surface area contributed by atoms with Gasteiger partial charge in [-0.25, -0.2) is 4.98 Å². The molecule has 2 aliphatic carbocycles. The van der Waals surface area contributed by atoms with Gasteiger partial charge in [-0.3, -0.25) is 4.79 Å². The average Bonchev–Trinajstić information content (AvgIpc) is 2.80. The van der Waals surface area contributed by atoms with Gasteiger partial charge in [-0.15, -0.1) is 11.3 Å². The molecule has 86 valence electrons. The Bertz CT molecular complexity index is 418. The van der Waals surface area contributed by atoms with Crippen LogP contribution in [0.15, 0.2) is 5.38 Å². The molecule has 0 saturated heterocycles. The van der Waals surface area contributed by atoms with Crippen LogP contribution in [0.25, 0.3) is 0 Å². The van der Waals surface area contributed by atoms with Gasteiger partial charge in [-0.05, 0) is 25.7 Å². The van der Waals surface area contributed by atoms with Gasteiger partial charge < -0.3 is 5.11 Å². The monoisotopic (exact) mass is 237 g/mol. The second-order valence-corrected chi connectivity index (χ2v) is 6.00. The number of aromatic nitrogens is 1. The molecule has 0 aliphatic heterocycles. The first-order valence-electron chi connectivity index (χ1n) is 5.87. The lowest BCUT2D eigenvalue weighted by molar-refractivity contribution is -0.143. The molecule has 3 rings (SSSR count). The average molecular weight is 237 g/mol. The molecule has 0 bridgehead atoms. The van der Waals surface area contributed by atoms with Crippen LogP contribution in [0.1, 0.15) is 48.7 Å². The van der Waals surface area contributed by atoms with Crippen LogP contribution >= 0.6 is 11.3 Å². The third-order valence-electron chi connectivity index (χ3n) is 3.89. The van der Waals surface area contributed by atoms with Gasteiger partial charge in [0, 0.05) is 17.7 Å². The van der Waals surface area contributed by atoms with Crippen LogP contribution in [0, 0.1) is 5.41 Å². The summed E-state index contributed by atoms with van der Waals surface area (Å²) in [6.07, 6.45) is 6.11. The van der Waals surface area contributed by atoms with Crippen LogP contribution in [0.3, 0.4) is 0 Å². The van der Waals surface area contributed by atoms with E-state index in [2.05, 4.69) is 10.4 Å². The quantitative estimate of drug-likeness (QED) is 0.876. The summed E-state index contributed by atoms with van der Waals surface area (Å²) in [5.41, 5.74) is 0.738. The van der Waals surface area contributed by atoms with Crippen molar-refractivity contribution in [2.45, 2.75) is 44.4 Å². The minimum atomic E-state index is -0.645. The number of aliphatic carboxylic acids is 1. The van der Waals surface area contributed by atoms with E-state index in [0.717, 1.165) is 17.8 Å². The highest BCUT2D eigenvalue weighted by atomic mass is 32.1. The summed E-state index contributed by atoms with van der Waals surface area (Å²) in [5, 5.41) is 12.3. The van der Waals surface area contributed by atoms with Crippen molar-refractivity contribution in [3.05, 3.63) is 16.1 Å². The Balaban J connectivity index is 1.71. The van der Waals surface area contributed by atoms with Crippen molar-refractivity contribution < 1.29 is 9.90 Å². The maximum Gasteiger partial charge on any atom is 0.310 e. The Morgan fingerprint density at radius 3 is 2.81 bits per heavy atom. The van der Waals surface area contributed by atoms with E-state index in [0.29, 0.717) is 12.3 Å². The zero-order valence-electron chi connectivity index (χ0n) is 9.11. The van der Waals surface area contributed by atoms with Gasteiger partial charge in [0.15, 0.2) is 0 Å². The van der Waals surface area contributed by atoms with Gasteiger partial charge in [-0.1, -0.05) is 6.42 Å². The summed E-state index contributed by atoms with van der Waals surface area (Å²) in [6, 6.07) is 0. The number of rotatable bonds is 4. The smallest absolute Gasteiger partial charge is 0.310 e. The van der Waals surface area contributed by atoms with Gasteiger partial charge in [0.2, 0.25) is 0 Å². The first-order chi connectivity index (χ1) is 7.70. The molecule has 1 N–H and O–H groups in total. The molecule has 2 fully saturated rings. The zero-order chi connectivity index (χ0) is 11.2. The number of carboxylic acid groups (broad SMARTS) is 1. The Morgan fingerprint density at radius 2 is 2.31 bits per heavy atom. The lowest BCUT2D eigenvalue weighted by Crippen LogP contribution is -2.17. The maximum atomic E-state index is 11.1. The number of thiazole rings is 1. The van der Waals surface area contributed by atoms with Gasteiger partial charge in [0.1, 0.15) is 0 Å². The van der Waals surface area contributed by atoms with Crippen LogP contribution < -0.4 is 0 Å². The Hall–Kier alpha value is -0.900. The van der Waals surface area contributed by atoms with Gasteiger partial charge in [-0.2, -0.15) is 0 Å². The van der Waals surface area contributed by atoms with Crippen LogP contribution in [-0.4, -0.2) is 16.1 Å². The van der Waals surface area contributed by atoms with Gasteiger partial charge >= 0.3 is 5.97 Å². The SMILES string of the molecule is O=C(O)C1(Cc2nc(C3CCC3)cs2)CC1. The highest BCUT2D eigenvalue weighted by molar-refractivity contribution is 7.09. The number of carboxylic acids is 1. The fourth-order valence-electron chi connectivity index (χ4n) is 2.20. The van der Waals surface area contributed by atoms with Gasteiger partial charge in [0.05, 0.1) is 16.1 Å². The molecule has 0 atom stereocenters. The molecule has 2 saturated carbocycles. The van der Waals surface area contributed by atoms with Crippen molar-refractivity contribution >= 4 is 17.3 Å². The fraction of sp³-hybridized carbons (Fsp3) is 0.667. The third-order valence-corrected chi connectivity index (χ3v) is 4.76. The van der Waals surface area contributed by atoms with Crippen molar-refractivity contribution in [2.24, 2.45) is 5.41 Å². The Kier molecular flexibility index (Phi) is 2.28. The molecule has 4 heteroatoms. The summed E-state index contributed by atoms with van der Waals surface area (Å²) in [7, 11) is 0. The molecular formula is C12H15NO2S. The summed E-state index contributed by atoms with van der Waals surface area (Å²) >= 11 is 1.64. The highest BCUT2D eigenvalue weighted by Gasteiger charge is 2.50. The largest absolute Gasteiger partial charge is 0.481 e. The molecule has 0 aromatic carbocycles. The maximum absolute atomic E-state index is 11.1. The number of carbonyl (C=O) groups is 1. The van der Waals surface area contributed by atoms with E-state index in [1.807, 2.05) is 0 Å². The molecule has 0 radical (unpaired) electrons. The second-order valence-electron chi connectivity index (χ2n) is 5.06. The van der Waals surface area contributed by atoms with E-state index in [9.17, 15) is 4.79 Å². The molecule has 16 heavy (non-hydrogen) atoms. The lowest BCUT2D eigenvalue weighted by atomic mass is 9.83. The normalized spacial score (nSPS) is 22.8. The summed E-state index contributed by atoms with van der Waals surface area (Å²) < 4.78 is 0. The fourth-order valence-corrected chi connectivity index (χ4v) is 3.22. The van der Waals surface area contributed by atoms with E-state index >= 15 is 0 Å². The molecule has 0 amide bonds. The van der Waals surface area contributed by atoms with Crippen LogP contribution in [0.4, 0.5) is 0 Å². The first-order valence-corrected chi connectivity index (χ1v) is 6.75. The number of hydrogen-bond acceptors (Lipinski definition) is 3. The minimum absolute atomic E-state index is 0.464. The molecule has 1 aromatic heterocycles. The van der Waals surface area contributed by atoms with Crippen molar-refractivity contribution in [2.75, 3.05) is 0 Å². The second kappa shape index (κ2) is 3.55.